The number of hydrogen-bond donors (Lipinski definition) is 1. The molecule has 0 spiro atoms. The van der Waals surface area contributed by atoms with E-state index < -0.39 is 0 Å². The molecule has 1 aliphatic carbocycles. The van der Waals surface area contributed by atoms with Crippen molar-refractivity contribution in [2.45, 2.75) is 12.8 Å². The average Bonchev–Trinajstić information content (AvgIpc) is 2.28. The first kappa shape index (κ1) is 8.41. The predicted octanol–water partition coefficient (Wildman–Crippen LogP) is 1.88. The molecule has 0 saturated heterocycles. The first-order valence-electron chi connectivity index (χ1n) is 5.03. The van der Waals surface area contributed by atoms with E-state index in [2.05, 4.69) is 9.97 Å². The summed E-state index contributed by atoms with van der Waals surface area (Å²) in [5.41, 5.74) is 11.1. The first-order chi connectivity index (χ1) is 7.34. The number of allylic oxidation sites excluding steroid dienone is 1. The van der Waals surface area contributed by atoms with Crippen LogP contribution in [0.2, 0.25) is 0 Å². The third kappa shape index (κ3) is 1.28. The molecule has 0 saturated carbocycles. The van der Waals surface area contributed by atoms with Crippen LogP contribution in [-0.2, 0) is 6.42 Å². The topological polar surface area (TPSA) is 51.8 Å². The van der Waals surface area contributed by atoms with Crippen molar-refractivity contribution in [2.24, 2.45) is 5.73 Å². The maximum absolute atomic E-state index is 5.81. The molecule has 74 valence electrons. The van der Waals surface area contributed by atoms with Crippen molar-refractivity contribution in [3.8, 4) is 0 Å². The Morgan fingerprint density at radius 1 is 1.20 bits per heavy atom. The lowest BCUT2D eigenvalue weighted by atomic mass is 9.96. The van der Waals surface area contributed by atoms with Gasteiger partial charge in [-0.1, -0.05) is 0 Å². The van der Waals surface area contributed by atoms with Gasteiger partial charge in [0.1, 0.15) is 0 Å². The number of aromatic nitrogens is 2. The maximum atomic E-state index is 5.81. The summed E-state index contributed by atoms with van der Waals surface area (Å²) in [5.74, 6) is 0. The average molecular weight is 197 g/mol. The van der Waals surface area contributed by atoms with E-state index in [9.17, 15) is 0 Å². The summed E-state index contributed by atoms with van der Waals surface area (Å²) in [6.45, 7) is 0. The number of pyridine rings is 2. The summed E-state index contributed by atoms with van der Waals surface area (Å²) >= 11 is 0. The smallest absolute Gasteiger partial charge is 0.0924 e. The van der Waals surface area contributed by atoms with Crippen molar-refractivity contribution < 1.29 is 0 Å². The summed E-state index contributed by atoms with van der Waals surface area (Å²) in [6.07, 6.45) is 7.58. The molecule has 2 heterocycles. The molecule has 0 atom stereocenters. The molecule has 0 unspecified atom stereocenters. The monoisotopic (exact) mass is 197 g/mol. The molecule has 0 aliphatic heterocycles. The van der Waals surface area contributed by atoms with Gasteiger partial charge in [0.15, 0.2) is 0 Å². The summed E-state index contributed by atoms with van der Waals surface area (Å²) < 4.78 is 0. The molecule has 0 fully saturated rings. The second-order valence-electron chi connectivity index (χ2n) is 3.78. The van der Waals surface area contributed by atoms with Gasteiger partial charge in [-0.15, -0.1) is 0 Å². The second-order valence-corrected chi connectivity index (χ2v) is 3.78. The molecular formula is C12H11N3. The van der Waals surface area contributed by atoms with Gasteiger partial charge in [-0.2, -0.15) is 0 Å². The number of aryl methyl sites for hydroxylation is 1. The fraction of sp³-hybridized carbons (Fsp3) is 0.167. The normalized spacial score (nSPS) is 14.8. The highest BCUT2D eigenvalue weighted by atomic mass is 14.7. The van der Waals surface area contributed by atoms with E-state index in [0.717, 1.165) is 35.1 Å². The zero-order chi connectivity index (χ0) is 10.3. The van der Waals surface area contributed by atoms with Crippen LogP contribution in [-0.4, -0.2) is 9.97 Å². The molecule has 3 heteroatoms. The second kappa shape index (κ2) is 3.05. The Kier molecular flexibility index (Phi) is 1.71. The number of nitrogens with two attached hydrogens (primary N) is 1. The molecule has 2 aromatic rings. The Morgan fingerprint density at radius 3 is 3.07 bits per heavy atom. The van der Waals surface area contributed by atoms with Crippen LogP contribution in [0.15, 0.2) is 30.2 Å². The Hall–Kier alpha value is -1.90. The largest absolute Gasteiger partial charge is 0.402 e. The molecule has 0 amide bonds. The fourth-order valence-corrected chi connectivity index (χ4v) is 2.02. The van der Waals surface area contributed by atoms with Crippen molar-refractivity contribution in [1.82, 2.24) is 9.97 Å². The van der Waals surface area contributed by atoms with Crippen LogP contribution in [0.1, 0.15) is 17.5 Å². The van der Waals surface area contributed by atoms with Gasteiger partial charge in [0.25, 0.3) is 0 Å². The highest BCUT2D eigenvalue weighted by Gasteiger charge is 2.12. The zero-order valence-corrected chi connectivity index (χ0v) is 8.27. The van der Waals surface area contributed by atoms with E-state index in [0.29, 0.717) is 0 Å². The van der Waals surface area contributed by atoms with E-state index in [1.165, 1.54) is 5.56 Å². The third-order valence-electron chi connectivity index (χ3n) is 2.77. The van der Waals surface area contributed by atoms with E-state index >= 15 is 0 Å². The standard InChI is InChI=1S/C12H11N3/c13-9-3-4-10-8(6-9)7-15-11-2-1-5-14-12(10)11/h1-2,5-7H,3-4,13H2. The molecule has 3 nitrogen and oxygen atoms in total. The van der Waals surface area contributed by atoms with Crippen molar-refractivity contribution in [3.63, 3.8) is 0 Å². The van der Waals surface area contributed by atoms with Gasteiger partial charge in [0.2, 0.25) is 0 Å². The van der Waals surface area contributed by atoms with Crippen LogP contribution in [0, 0.1) is 0 Å². The Balaban J connectivity index is 2.35. The van der Waals surface area contributed by atoms with Crippen molar-refractivity contribution in [1.29, 1.82) is 0 Å². The van der Waals surface area contributed by atoms with Gasteiger partial charge < -0.3 is 5.73 Å². The third-order valence-corrected chi connectivity index (χ3v) is 2.77. The van der Waals surface area contributed by atoms with Crippen LogP contribution >= 0.6 is 0 Å². The van der Waals surface area contributed by atoms with Gasteiger partial charge >= 0.3 is 0 Å². The quantitative estimate of drug-likeness (QED) is 0.701. The minimum Gasteiger partial charge on any atom is -0.402 e. The van der Waals surface area contributed by atoms with Crippen molar-refractivity contribution in [3.05, 3.63) is 41.4 Å². The Bertz CT molecular complexity index is 558. The van der Waals surface area contributed by atoms with E-state index in [1.807, 2.05) is 30.6 Å². The molecule has 3 rings (SSSR count). The summed E-state index contributed by atoms with van der Waals surface area (Å²) in [4.78, 5) is 8.75. The van der Waals surface area contributed by atoms with Gasteiger partial charge in [0.05, 0.1) is 11.0 Å². The molecule has 1 aliphatic rings. The Labute approximate surface area is 87.7 Å². The van der Waals surface area contributed by atoms with Crippen LogP contribution in [0.5, 0.6) is 0 Å². The highest BCUT2D eigenvalue weighted by molar-refractivity contribution is 5.82. The van der Waals surface area contributed by atoms with Gasteiger partial charge in [-0.3, -0.25) is 9.97 Å². The lowest BCUT2D eigenvalue weighted by Crippen LogP contribution is -2.07. The molecule has 2 N–H and O–H groups in total. The first-order valence-corrected chi connectivity index (χ1v) is 5.03. The van der Waals surface area contributed by atoms with Crippen LogP contribution in [0.3, 0.4) is 0 Å². The minimum absolute atomic E-state index is 0.919. The molecule has 0 radical (unpaired) electrons. The lowest BCUT2D eigenvalue weighted by Gasteiger charge is -2.14. The fourth-order valence-electron chi connectivity index (χ4n) is 2.02. The zero-order valence-electron chi connectivity index (χ0n) is 8.27. The van der Waals surface area contributed by atoms with Gasteiger partial charge in [-0.05, 0) is 42.2 Å². The minimum atomic E-state index is 0.919. The molecule has 2 aromatic heterocycles. The Morgan fingerprint density at radius 2 is 2.13 bits per heavy atom. The van der Waals surface area contributed by atoms with E-state index in [-0.39, 0.29) is 0 Å². The highest BCUT2D eigenvalue weighted by Crippen LogP contribution is 2.26. The van der Waals surface area contributed by atoms with Crippen molar-refractivity contribution >= 4 is 17.1 Å². The number of nitrogens with zero attached hydrogens (tertiary/aromatic N) is 2. The molecule has 0 aromatic carbocycles. The van der Waals surface area contributed by atoms with Gasteiger partial charge in [-0.25, -0.2) is 0 Å². The maximum Gasteiger partial charge on any atom is 0.0924 e. The molecule has 0 bridgehead atoms. The number of rotatable bonds is 0. The SMILES string of the molecule is NC1=Cc2cnc3cccnc3c2CC1. The number of hydrogen-bond acceptors (Lipinski definition) is 3. The van der Waals surface area contributed by atoms with Crippen LogP contribution < -0.4 is 5.73 Å². The number of fused-ring (bicyclic) bond motifs is 3. The van der Waals surface area contributed by atoms with E-state index in [1.54, 1.807) is 0 Å². The van der Waals surface area contributed by atoms with Crippen LogP contribution in [0.25, 0.3) is 17.1 Å². The summed E-state index contributed by atoms with van der Waals surface area (Å²) in [7, 11) is 0. The van der Waals surface area contributed by atoms with Crippen LogP contribution in [0.4, 0.5) is 0 Å². The predicted molar refractivity (Wildman–Crippen MR) is 60.0 cm³/mol. The molecule has 15 heavy (non-hydrogen) atoms. The van der Waals surface area contributed by atoms with Gasteiger partial charge in [0, 0.05) is 18.1 Å². The van der Waals surface area contributed by atoms with Crippen molar-refractivity contribution in [2.75, 3.05) is 0 Å². The van der Waals surface area contributed by atoms with E-state index in [4.69, 9.17) is 5.73 Å². The summed E-state index contributed by atoms with van der Waals surface area (Å²) in [6, 6.07) is 3.90. The summed E-state index contributed by atoms with van der Waals surface area (Å²) in [5, 5.41) is 0. The molecular weight excluding hydrogens is 186 g/mol. The lowest BCUT2D eigenvalue weighted by molar-refractivity contribution is 0.915.